The van der Waals surface area contributed by atoms with Gasteiger partial charge in [-0.15, -0.1) is 23.4 Å². The molecule has 0 unspecified atom stereocenters. The highest BCUT2D eigenvalue weighted by molar-refractivity contribution is 7.98. The fourth-order valence-corrected chi connectivity index (χ4v) is 3.84. The van der Waals surface area contributed by atoms with Crippen LogP contribution < -0.4 is 4.72 Å². The molecule has 0 saturated carbocycles. The second kappa shape index (κ2) is 7.68. The minimum absolute atomic E-state index is 0.0778. The molecule has 0 aliphatic heterocycles. The van der Waals surface area contributed by atoms with Crippen LogP contribution in [0.5, 0.6) is 0 Å². The van der Waals surface area contributed by atoms with E-state index in [1.165, 1.54) is 0 Å². The van der Waals surface area contributed by atoms with Gasteiger partial charge in [-0.05, 0) is 35.9 Å². The number of thioether (sulfide) groups is 1. The number of rotatable bonds is 7. The van der Waals surface area contributed by atoms with Crippen LogP contribution in [-0.2, 0) is 15.8 Å². The van der Waals surface area contributed by atoms with E-state index in [9.17, 15) is 8.42 Å². The Hall–Kier alpha value is -1.24. The number of halogens is 1. The summed E-state index contributed by atoms with van der Waals surface area (Å²) in [7, 11) is -3.35. The summed E-state index contributed by atoms with van der Waals surface area (Å²) in [6, 6.07) is 11.2. The molecule has 7 heteroatoms. The van der Waals surface area contributed by atoms with Crippen molar-refractivity contribution in [2.75, 3.05) is 16.4 Å². The van der Waals surface area contributed by atoms with Crippen molar-refractivity contribution in [1.82, 2.24) is 4.98 Å². The fourth-order valence-electron chi connectivity index (χ4n) is 1.60. The third-order valence-corrected chi connectivity index (χ3v) is 5.39. The number of benzene rings is 1. The summed E-state index contributed by atoms with van der Waals surface area (Å²) in [5, 5.41) is 0. The number of nitrogens with zero attached hydrogens (tertiary/aromatic N) is 1. The summed E-state index contributed by atoms with van der Waals surface area (Å²) in [6.45, 7) is 0. The molecule has 1 aromatic heterocycles. The lowest BCUT2D eigenvalue weighted by atomic mass is 10.3. The molecule has 4 nitrogen and oxygen atoms in total. The predicted octanol–water partition coefficient (Wildman–Crippen LogP) is 3.35. The highest BCUT2D eigenvalue weighted by Crippen LogP contribution is 2.24. The highest BCUT2D eigenvalue weighted by Gasteiger charge is 2.09. The first-order valence-electron chi connectivity index (χ1n) is 6.27. The number of hydrogen-bond donors (Lipinski definition) is 1. The maximum absolute atomic E-state index is 11.6. The molecule has 0 spiro atoms. The molecule has 0 aliphatic carbocycles. The molecule has 2 rings (SSSR count). The number of pyridine rings is 1. The largest absolute Gasteiger partial charge is 0.284 e. The van der Waals surface area contributed by atoms with Gasteiger partial charge >= 0.3 is 0 Å². The Bertz CT molecular complexity index is 661. The zero-order chi connectivity index (χ0) is 15.1. The number of anilines is 1. The molecule has 21 heavy (non-hydrogen) atoms. The first-order chi connectivity index (χ1) is 10.1. The summed E-state index contributed by atoms with van der Waals surface area (Å²) in [5.74, 6) is 0.811. The van der Waals surface area contributed by atoms with Crippen molar-refractivity contribution in [2.24, 2.45) is 0 Å². The molecule has 0 amide bonds. The monoisotopic (exact) mass is 342 g/mol. The van der Waals surface area contributed by atoms with Gasteiger partial charge < -0.3 is 0 Å². The normalized spacial score (nSPS) is 11.3. The van der Waals surface area contributed by atoms with Crippen LogP contribution in [0, 0.1) is 0 Å². The van der Waals surface area contributed by atoms with E-state index >= 15 is 0 Å². The van der Waals surface area contributed by atoms with Crippen LogP contribution in [0.4, 0.5) is 5.69 Å². The minimum Gasteiger partial charge on any atom is -0.284 e. The quantitative estimate of drug-likeness (QED) is 0.619. The van der Waals surface area contributed by atoms with Crippen LogP contribution in [0.2, 0.25) is 0 Å². The van der Waals surface area contributed by atoms with Crippen molar-refractivity contribution in [3.8, 4) is 0 Å². The second-order valence-corrected chi connectivity index (χ2v) is 7.55. The van der Waals surface area contributed by atoms with Crippen LogP contribution in [-0.4, -0.2) is 25.0 Å². The number of nitrogens with one attached hydrogen (secondary N) is 1. The number of sulfonamides is 1. The smallest absolute Gasteiger partial charge is 0.233 e. The SMILES string of the molecule is O=S(=O)(CCCl)Nc1ccc(SCc2cccnc2)cc1. The lowest BCUT2D eigenvalue weighted by Crippen LogP contribution is -2.17. The van der Waals surface area contributed by atoms with Gasteiger partial charge in [0.05, 0.1) is 5.75 Å². The molecule has 0 bridgehead atoms. The van der Waals surface area contributed by atoms with Crippen molar-refractivity contribution in [3.63, 3.8) is 0 Å². The van der Waals surface area contributed by atoms with Gasteiger partial charge in [-0.25, -0.2) is 8.42 Å². The molecule has 1 N–H and O–H groups in total. The summed E-state index contributed by atoms with van der Waals surface area (Å²) >= 11 is 7.12. The zero-order valence-electron chi connectivity index (χ0n) is 11.2. The Labute approximate surface area is 134 Å². The van der Waals surface area contributed by atoms with Gasteiger partial charge in [-0.3, -0.25) is 9.71 Å². The molecule has 2 aromatic rings. The van der Waals surface area contributed by atoms with Crippen LogP contribution in [0.15, 0.2) is 53.7 Å². The third kappa shape index (κ3) is 5.57. The first-order valence-corrected chi connectivity index (χ1v) is 9.44. The molecule has 1 heterocycles. The molecule has 0 atom stereocenters. The van der Waals surface area contributed by atoms with Crippen LogP contribution in [0.25, 0.3) is 0 Å². The van der Waals surface area contributed by atoms with Crippen LogP contribution in [0.3, 0.4) is 0 Å². The average Bonchev–Trinajstić information content (AvgIpc) is 2.47. The van der Waals surface area contributed by atoms with Crippen molar-refractivity contribution < 1.29 is 8.42 Å². The minimum atomic E-state index is -3.35. The average molecular weight is 343 g/mol. The molecule has 0 fully saturated rings. The van der Waals surface area contributed by atoms with Crippen molar-refractivity contribution >= 4 is 39.1 Å². The Morgan fingerprint density at radius 2 is 1.95 bits per heavy atom. The Kier molecular flexibility index (Phi) is 5.90. The predicted molar refractivity (Wildman–Crippen MR) is 88.4 cm³/mol. The van der Waals surface area contributed by atoms with Gasteiger partial charge in [0.15, 0.2) is 0 Å². The number of aromatic nitrogens is 1. The van der Waals surface area contributed by atoms with Crippen molar-refractivity contribution in [3.05, 3.63) is 54.4 Å². The highest BCUT2D eigenvalue weighted by atomic mass is 35.5. The van der Waals surface area contributed by atoms with Gasteiger partial charge in [0.1, 0.15) is 0 Å². The summed E-state index contributed by atoms with van der Waals surface area (Å²) in [6.07, 6.45) is 3.58. The van der Waals surface area contributed by atoms with E-state index in [1.54, 1.807) is 30.1 Å². The number of hydrogen-bond acceptors (Lipinski definition) is 4. The zero-order valence-corrected chi connectivity index (χ0v) is 13.6. The van der Waals surface area contributed by atoms with Crippen LogP contribution >= 0.6 is 23.4 Å². The Balaban J connectivity index is 1.93. The van der Waals surface area contributed by atoms with Gasteiger partial charge in [0.25, 0.3) is 0 Å². The maximum Gasteiger partial charge on any atom is 0.233 e. The van der Waals surface area contributed by atoms with Crippen molar-refractivity contribution in [2.45, 2.75) is 10.6 Å². The molecule has 1 aromatic carbocycles. The topological polar surface area (TPSA) is 59.1 Å². The van der Waals surface area contributed by atoms with Gasteiger partial charge in [-0.2, -0.15) is 0 Å². The number of alkyl halides is 1. The van der Waals surface area contributed by atoms with E-state index in [0.29, 0.717) is 5.69 Å². The summed E-state index contributed by atoms with van der Waals surface area (Å²) in [4.78, 5) is 5.14. The fraction of sp³-hybridized carbons (Fsp3) is 0.214. The van der Waals surface area contributed by atoms with E-state index in [4.69, 9.17) is 11.6 Å². The van der Waals surface area contributed by atoms with E-state index in [-0.39, 0.29) is 11.6 Å². The molecule has 0 aliphatic rings. The molecule has 0 radical (unpaired) electrons. The first kappa shape index (κ1) is 16.1. The van der Waals surface area contributed by atoms with Gasteiger partial charge in [0, 0.05) is 34.6 Å². The maximum atomic E-state index is 11.6. The Morgan fingerprint density at radius 1 is 1.19 bits per heavy atom. The third-order valence-electron chi connectivity index (χ3n) is 2.60. The molecule has 112 valence electrons. The lowest BCUT2D eigenvalue weighted by molar-refractivity contribution is 0.602. The van der Waals surface area contributed by atoms with Crippen molar-refractivity contribution in [1.29, 1.82) is 0 Å². The van der Waals surface area contributed by atoms with Crippen LogP contribution in [0.1, 0.15) is 5.56 Å². The van der Waals surface area contributed by atoms with E-state index in [1.807, 2.05) is 30.5 Å². The standard InChI is InChI=1S/C14H15ClN2O2S2/c15-7-9-21(18,19)17-13-3-5-14(6-4-13)20-11-12-2-1-8-16-10-12/h1-6,8,10,17H,7,9,11H2. The summed E-state index contributed by atoms with van der Waals surface area (Å²) in [5.41, 5.74) is 1.69. The van der Waals surface area contributed by atoms with E-state index in [0.717, 1.165) is 16.2 Å². The Morgan fingerprint density at radius 3 is 2.57 bits per heavy atom. The van der Waals surface area contributed by atoms with E-state index in [2.05, 4.69) is 9.71 Å². The molecular weight excluding hydrogens is 328 g/mol. The molecular formula is C14H15ClN2O2S2. The van der Waals surface area contributed by atoms with Gasteiger partial charge in [0.2, 0.25) is 10.0 Å². The van der Waals surface area contributed by atoms with Gasteiger partial charge in [-0.1, -0.05) is 6.07 Å². The summed E-state index contributed by atoms with van der Waals surface area (Å²) < 4.78 is 25.7. The molecule has 0 saturated heterocycles. The lowest BCUT2D eigenvalue weighted by Gasteiger charge is -2.07. The second-order valence-electron chi connectivity index (χ2n) is 4.28. The van der Waals surface area contributed by atoms with E-state index < -0.39 is 10.0 Å².